The van der Waals surface area contributed by atoms with E-state index in [-0.39, 0.29) is 28.6 Å². The largest absolute Gasteiger partial charge is 0.321 e. The number of nitro groups is 1. The number of hydrogen-bond donors (Lipinski definition) is 1. The molecule has 0 aliphatic carbocycles. The molecular formula is C20H23N3O3S2. The third-order valence-corrected chi connectivity index (χ3v) is 6.17. The smallest absolute Gasteiger partial charge is 0.269 e. The lowest BCUT2D eigenvalue weighted by molar-refractivity contribution is -0.419. The number of amides is 1. The SMILES string of the molecule is CC(S)C(C)Sc1ccccc1C1=NCC(=O)N(C)/C=C/C=C(/[N+](=O)[O-])C=C1. The number of allylic oxidation sites excluding steroid dienone is 4. The van der Waals surface area contributed by atoms with Crippen LogP contribution in [0.3, 0.4) is 0 Å². The number of aliphatic imine (C=N–C) groups is 1. The van der Waals surface area contributed by atoms with Crippen molar-refractivity contribution >= 4 is 36.0 Å². The fourth-order valence-corrected chi connectivity index (χ4v) is 3.50. The molecule has 1 aliphatic heterocycles. The number of thioether (sulfide) groups is 1. The van der Waals surface area contributed by atoms with Crippen LogP contribution in [0.5, 0.6) is 0 Å². The molecule has 6 nitrogen and oxygen atoms in total. The second-order valence-corrected chi connectivity index (χ2v) is 8.52. The molecule has 1 heterocycles. The Kier molecular flexibility index (Phi) is 8.07. The van der Waals surface area contributed by atoms with Crippen LogP contribution in [0.2, 0.25) is 0 Å². The van der Waals surface area contributed by atoms with E-state index < -0.39 is 4.92 Å². The van der Waals surface area contributed by atoms with Gasteiger partial charge in [0.2, 0.25) is 5.91 Å². The van der Waals surface area contributed by atoms with Gasteiger partial charge in [-0.25, -0.2) is 0 Å². The normalized spacial score (nSPS) is 20.4. The molecule has 0 aromatic heterocycles. The van der Waals surface area contributed by atoms with Gasteiger partial charge in [-0.05, 0) is 18.2 Å². The highest BCUT2D eigenvalue weighted by atomic mass is 32.2. The number of carbonyl (C=O) groups excluding carboxylic acids is 1. The molecule has 0 radical (unpaired) electrons. The van der Waals surface area contributed by atoms with Crippen molar-refractivity contribution in [1.82, 2.24) is 4.90 Å². The lowest BCUT2D eigenvalue weighted by Gasteiger charge is -2.17. The van der Waals surface area contributed by atoms with E-state index in [1.807, 2.05) is 31.2 Å². The summed E-state index contributed by atoms with van der Waals surface area (Å²) in [5, 5.41) is 11.7. The summed E-state index contributed by atoms with van der Waals surface area (Å²) in [7, 11) is 1.60. The first-order valence-electron chi connectivity index (χ1n) is 8.74. The van der Waals surface area contributed by atoms with Crippen molar-refractivity contribution in [2.45, 2.75) is 29.2 Å². The van der Waals surface area contributed by atoms with Crippen LogP contribution in [-0.4, -0.2) is 45.5 Å². The highest BCUT2D eigenvalue weighted by Gasteiger charge is 2.16. The quantitative estimate of drug-likeness (QED) is 0.340. The van der Waals surface area contributed by atoms with Crippen molar-refractivity contribution in [2.75, 3.05) is 13.6 Å². The second kappa shape index (κ2) is 10.3. The molecule has 148 valence electrons. The Bertz CT molecular complexity index is 860. The summed E-state index contributed by atoms with van der Waals surface area (Å²) >= 11 is 6.16. The number of rotatable bonds is 5. The van der Waals surface area contributed by atoms with Crippen molar-refractivity contribution in [3.05, 3.63) is 76.1 Å². The molecular weight excluding hydrogens is 394 g/mol. The monoisotopic (exact) mass is 417 g/mol. The molecule has 1 aromatic rings. The van der Waals surface area contributed by atoms with E-state index in [1.54, 1.807) is 24.9 Å². The van der Waals surface area contributed by atoms with Crippen LogP contribution < -0.4 is 0 Å². The summed E-state index contributed by atoms with van der Waals surface area (Å²) in [6.45, 7) is 4.07. The van der Waals surface area contributed by atoms with Crippen LogP contribution in [0.15, 0.2) is 70.4 Å². The van der Waals surface area contributed by atoms with E-state index in [1.165, 1.54) is 29.3 Å². The molecule has 2 atom stereocenters. The fraction of sp³-hybridized carbons (Fsp3) is 0.300. The molecule has 0 spiro atoms. The average molecular weight is 418 g/mol. The van der Waals surface area contributed by atoms with Gasteiger partial charge in [-0.2, -0.15) is 12.6 Å². The maximum absolute atomic E-state index is 12.3. The van der Waals surface area contributed by atoms with Crippen molar-refractivity contribution in [2.24, 2.45) is 4.99 Å². The van der Waals surface area contributed by atoms with Gasteiger partial charge in [0.25, 0.3) is 5.70 Å². The molecule has 1 amide bonds. The molecule has 0 saturated heterocycles. The first-order valence-corrected chi connectivity index (χ1v) is 10.1. The van der Waals surface area contributed by atoms with Gasteiger partial charge in [-0.15, -0.1) is 11.8 Å². The van der Waals surface area contributed by atoms with Crippen molar-refractivity contribution < 1.29 is 9.72 Å². The molecule has 0 N–H and O–H groups in total. The molecule has 0 fully saturated rings. The standard InChI is InChI=1S/C20H23N3O3S2/c1-14(27)15(2)28-19-9-5-4-8-17(19)18-11-10-16(23(25)26)7-6-12-22(3)20(24)13-21-18/h4-12,14-15,27H,13H2,1-3H3/b11-10?,12-6+,16-7+,21-18?. The Morgan fingerprint density at radius 3 is 2.68 bits per heavy atom. The molecule has 28 heavy (non-hydrogen) atoms. The predicted molar refractivity (Wildman–Crippen MR) is 118 cm³/mol. The molecule has 0 saturated carbocycles. The first-order chi connectivity index (χ1) is 13.3. The predicted octanol–water partition coefficient (Wildman–Crippen LogP) is 3.98. The van der Waals surface area contributed by atoms with Gasteiger partial charge < -0.3 is 4.90 Å². The summed E-state index contributed by atoms with van der Waals surface area (Å²) in [6, 6.07) is 7.70. The zero-order valence-electron chi connectivity index (χ0n) is 16.0. The van der Waals surface area contributed by atoms with Gasteiger partial charge in [0.05, 0.1) is 10.6 Å². The Hall–Kier alpha value is -2.32. The molecule has 1 aliphatic rings. The number of carbonyl (C=O) groups is 1. The molecule has 1 aromatic carbocycles. The third kappa shape index (κ3) is 6.10. The van der Waals surface area contributed by atoms with Crippen LogP contribution in [0.4, 0.5) is 0 Å². The topological polar surface area (TPSA) is 75.8 Å². The molecule has 8 heteroatoms. The number of nitrogens with zero attached hydrogens (tertiary/aromatic N) is 3. The highest BCUT2D eigenvalue weighted by Crippen LogP contribution is 2.30. The Labute approximate surface area is 174 Å². The minimum atomic E-state index is -0.469. The minimum Gasteiger partial charge on any atom is -0.321 e. The van der Waals surface area contributed by atoms with Crippen molar-refractivity contribution in [3.8, 4) is 0 Å². The number of benzene rings is 1. The molecule has 0 bridgehead atoms. The van der Waals surface area contributed by atoms with Crippen molar-refractivity contribution in [3.63, 3.8) is 0 Å². The highest BCUT2D eigenvalue weighted by molar-refractivity contribution is 8.00. The Morgan fingerprint density at radius 2 is 2.00 bits per heavy atom. The lowest BCUT2D eigenvalue weighted by atomic mass is 10.1. The van der Waals surface area contributed by atoms with Crippen LogP contribution >= 0.6 is 24.4 Å². The Morgan fingerprint density at radius 1 is 1.29 bits per heavy atom. The van der Waals surface area contributed by atoms with Crippen LogP contribution in [-0.2, 0) is 4.79 Å². The van der Waals surface area contributed by atoms with Gasteiger partial charge in [0.15, 0.2) is 0 Å². The van der Waals surface area contributed by atoms with Crippen LogP contribution in [0.1, 0.15) is 19.4 Å². The summed E-state index contributed by atoms with van der Waals surface area (Å²) in [4.78, 5) is 29.9. The van der Waals surface area contributed by atoms with E-state index in [2.05, 4.69) is 24.5 Å². The van der Waals surface area contributed by atoms with Gasteiger partial charge in [0, 0.05) is 46.4 Å². The molecule has 2 rings (SSSR count). The number of hydrogen-bond acceptors (Lipinski definition) is 6. The molecule has 2 unspecified atom stereocenters. The number of thiol groups is 1. The third-order valence-electron chi connectivity index (χ3n) is 4.13. The summed E-state index contributed by atoms with van der Waals surface area (Å²) in [6.07, 6.45) is 7.32. The average Bonchev–Trinajstić information content (AvgIpc) is 2.68. The maximum atomic E-state index is 12.3. The summed E-state index contributed by atoms with van der Waals surface area (Å²) in [5.74, 6) is -0.206. The van der Waals surface area contributed by atoms with Crippen molar-refractivity contribution in [1.29, 1.82) is 0 Å². The summed E-state index contributed by atoms with van der Waals surface area (Å²) in [5.41, 5.74) is 1.27. The maximum Gasteiger partial charge on any atom is 0.269 e. The van der Waals surface area contributed by atoms with Gasteiger partial charge >= 0.3 is 0 Å². The van der Waals surface area contributed by atoms with Crippen LogP contribution in [0, 0.1) is 10.1 Å². The zero-order chi connectivity index (χ0) is 20.7. The lowest BCUT2D eigenvalue weighted by Crippen LogP contribution is -2.23. The van der Waals surface area contributed by atoms with Gasteiger partial charge in [0.1, 0.15) is 6.54 Å². The Balaban J connectivity index is 2.50. The van der Waals surface area contributed by atoms with E-state index in [9.17, 15) is 14.9 Å². The zero-order valence-corrected chi connectivity index (χ0v) is 17.7. The van der Waals surface area contributed by atoms with E-state index in [0.717, 1.165) is 10.5 Å². The second-order valence-electron chi connectivity index (χ2n) is 6.29. The van der Waals surface area contributed by atoms with E-state index >= 15 is 0 Å². The van der Waals surface area contributed by atoms with E-state index in [0.29, 0.717) is 5.71 Å². The first kappa shape index (κ1) is 22.0. The minimum absolute atomic E-state index is 0.0498. The van der Waals surface area contributed by atoms with Crippen LogP contribution in [0.25, 0.3) is 0 Å². The van der Waals surface area contributed by atoms with E-state index in [4.69, 9.17) is 0 Å². The van der Waals surface area contributed by atoms with Gasteiger partial charge in [-0.1, -0.05) is 32.0 Å². The summed E-state index contributed by atoms with van der Waals surface area (Å²) < 4.78 is 0. The van der Waals surface area contributed by atoms with Gasteiger partial charge in [-0.3, -0.25) is 19.9 Å². The fourth-order valence-electron chi connectivity index (χ4n) is 2.27. The number of likely N-dealkylation sites (N-methyl/N-ethyl adjacent to an activating group) is 1.